The van der Waals surface area contributed by atoms with Crippen LogP contribution < -0.4 is 20.3 Å². The Morgan fingerprint density at radius 3 is 2.54 bits per heavy atom. The Balaban J connectivity index is 1.41. The summed E-state index contributed by atoms with van der Waals surface area (Å²) in [5, 5.41) is 5.46. The van der Waals surface area contributed by atoms with Gasteiger partial charge in [-0.15, -0.1) is 0 Å². The summed E-state index contributed by atoms with van der Waals surface area (Å²) in [7, 11) is 1.61. The topological polar surface area (TPSA) is 79.9 Å². The SMILES string of the molecule is COc1ccc(CNC(=O)NCC#Cc2ccc(N3CCOC3=O)cc2)cc1. The molecule has 1 aliphatic rings. The quantitative estimate of drug-likeness (QED) is 0.783. The van der Waals surface area contributed by atoms with Gasteiger partial charge in [0.25, 0.3) is 0 Å². The molecule has 0 aromatic heterocycles. The van der Waals surface area contributed by atoms with Crippen LogP contribution in [0.25, 0.3) is 0 Å². The van der Waals surface area contributed by atoms with Crippen LogP contribution in [0, 0.1) is 11.8 Å². The summed E-state index contributed by atoms with van der Waals surface area (Å²) in [5.41, 5.74) is 2.56. The Labute approximate surface area is 163 Å². The molecule has 0 radical (unpaired) electrons. The number of methoxy groups -OCH3 is 1. The van der Waals surface area contributed by atoms with Crippen molar-refractivity contribution in [1.29, 1.82) is 0 Å². The van der Waals surface area contributed by atoms with Crippen LogP contribution in [0.5, 0.6) is 5.75 Å². The number of hydrogen-bond acceptors (Lipinski definition) is 4. The summed E-state index contributed by atoms with van der Waals surface area (Å²) in [6.45, 7) is 1.62. The molecule has 2 aromatic rings. The molecule has 7 nitrogen and oxygen atoms in total. The van der Waals surface area contributed by atoms with Crippen molar-refractivity contribution in [3.05, 3.63) is 59.7 Å². The molecule has 28 heavy (non-hydrogen) atoms. The van der Waals surface area contributed by atoms with E-state index in [0.29, 0.717) is 19.7 Å². The molecule has 2 aromatic carbocycles. The first-order chi connectivity index (χ1) is 13.7. The van der Waals surface area contributed by atoms with Gasteiger partial charge in [-0.25, -0.2) is 9.59 Å². The van der Waals surface area contributed by atoms with Gasteiger partial charge in [-0.2, -0.15) is 0 Å². The maximum absolute atomic E-state index is 11.8. The number of amides is 3. The lowest BCUT2D eigenvalue weighted by Gasteiger charge is -2.11. The lowest BCUT2D eigenvalue weighted by Crippen LogP contribution is -2.35. The summed E-state index contributed by atoms with van der Waals surface area (Å²) in [5.74, 6) is 6.65. The van der Waals surface area contributed by atoms with Crippen molar-refractivity contribution < 1.29 is 19.1 Å². The second-order valence-electron chi connectivity index (χ2n) is 6.00. The van der Waals surface area contributed by atoms with Crippen LogP contribution in [0.3, 0.4) is 0 Å². The highest BCUT2D eigenvalue weighted by atomic mass is 16.6. The third kappa shape index (κ3) is 5.17. The van der Waals surface area contributed by atoms with Crippen LogP contribution >= 0.6 is 0 Å². The van der Waals surface area contributed by atoms with E-state index in [9.17, 15) is 9.59 Å². The lowest BCUT2D eigenvalue weighted by atomic mass is 10.2. The van der Waals surface area contributed by atoms with Crippen LogP contribution in [0.4, 0.5) is 15.3 Å². The maximum atomic E-state index is 11.8. The molecule has 0 unspecified atom stereocenters. The smallest absolute Gasteiger partial charge is 0.414 e. The van der Waals surface area contributed by atoms with Crippen molar-refractivity contribution in [3.8, 4) is 17.6 Å². The minimum absolute atomic E-state index is 0.231. The predicted octanol–water partition coefficient (Wildman–Crippen LogP) is 2.50. The third-order valence-electron chi connectivity index (χ3n) is 4.12. The van der Waals surface area contributed by atoms with E-state index in [1.165, 1.54) is 0 Å². The van der Waals surface area contributed by atoms with E-state index >= 15 is 0 Å². The molecule has 0 spiro atoms. The minimum Gasteiger partial charge on any atom is -0.497 e. The molecule has 144 valence electrons. The molecule has 1 aliphatic heterocycles. The average molecular weight is 379 g/mol. The Morgan fingerprint density at radius 2 is 1.89 bits per heavy atom. The largest absolute Gasteiger partial charge is 0.497 e. The van der Waals surface area contributed by atoms with Gasteiger partial charge in [-0.1, -0.05) is 24.0 Å². The summed E-state index contributed by atoms with van der Waals surface area (Å²) in [6.07, 6.45) is -0.330. The van der Waals surface area contributed by atoms with E-state index < -0.39 is 0 Å². The summed E-state index contributed by atoms with van der Waals surface area (Å²) >= 11 is 0. The highest BCUT2D eigenvalue weighted by molar-refractivity contribution is 5.89. The normalized spacial score (nSPS) is 12.6. The van der Waals surface area contributed by atoms with Gasteiger partial charge >= 0.3 is 12.1 Å². The number of cyclic esters (lactones) is 1. The fourth-order valence-electron chi connectivity index (χ4n) is 2.61. The molecule has 0 aliphatic carbocycles. The number of nitrogens with one attached hydrogen (secondary N) is 2. The highest BCUT2D eigenvalue weighted by Crippen LogP contribution is 2.18. The fourth-order valence-corrected chi connectivity index (χ4v) is 2.61. The van der Waals surface area contributed by atoms with Gasteiger partial charge in [0.15, 0.2) is 0 Å². The van der Waals surface area contributed by atoms with Crippen molar-refractivity contribution in [2.45, 2.75) is 6.54 Å². The summed E-state index contributed by atoms with van der Waals surface area (Å²) in [6, 6.07) is 14.5. The molecular weight excluding hydrogens is 358 g/mol. The predicted molar refractivity (Wildman–Crippen MR) is 105 cm³/mol. The number of ether oxygens (including phenoxy) is 2. The van der Waals surface area contributed by atoms with E-state index in [2.05, 4.69) is 22.5 Å². The third-order valence-corrected chi connectivity index (χ3v) is 4.12. The number of anilines is 1. The Bertz CT molecular complexity index is 883. The van der Waals surface area contributed by atoms with Gasteiger partial charge in [0.05, 0.1) is 20.2 Å². The van der Waals surface area contributed by atoms with Crippen LogP contribution in [0.2, 0.25) is 0 Å². The second kappa shape index (κ2) is 9.33. The van der Waals surface area contributed by atoms with E-state index in [4.69, 9.17) is 9.47 Å². The molecule has 0 atom stereocenters. The van der Waals surface area contributed by atoms with Crippen LogP contribution in [0.1, 0.15) is 11.1 Å². The van der Waals surface area contributed by atoms with Crippen LogP contribution in [-0.4, -0.2) is 38.9 Å². The molecule has 3 rings (SSSR count). The molecule has 2 N–H and O–H groups in total. The van der Waals surface area contributed by atoms with E-state index in [-0.39, 0.29) is 18.7 Å². The molecule has 1 saturated heterocycles. The average Bonchev–Trinajstić information content (AvgIpc) is 3.16. The monoisotopic (exact) mass is 379 g/mol. The standard InChI is InChI=1S/C21H21N3O4/c1-27-19-10-6-17(7-11-19)15-23-20(25)22-12-2-3-16-4-8-18(9-5-16)24-13-14-28-21(24)26/h4-11H,12-15H2,1H3,(H2,22,23,25). The van der Waals surface area contributed by atoms with Crippen molar-refractivity contribution in [3.63, 3.8) is 0 Å². The first-order valence-electron chi connectivity index (χ1n) is 8.83. The lowest BCUT2D eigenvalue weighted by molar-refractivity contribution is 0.181. The highest BCUT2D eigenvalue weighted by Gasteiger charge is 2.23. The zero-order valence-corrected chi connectivity index (χ0v) is 15.5. The summed E-state index contributed by atoms with van der Waals surface area (Å²) < 4.78 is 10.0. The molecule has 0 bridgehead atoms. The fraction of sp³-hybridized carbons (Fsp3) is 0.238. The first-order valence-corrected chi connectivity index (χ1v) is 8.83. The Morgan fingerprint density at radius 1 is 1.14 bits per heavy atom. The Kier molecular flexibility index (Phi) is 6.37. The van der Waals surface area contributed by atoms with Gasteiger partial charge in [0.1, 0.15) is 12.4 Å². The zero-order chi connectivity index (χ0) is 19.8. The van der Waals surface area contributed by atoms with E-state index in [0.717, 1.165) is 22.6 Å². The van der Waals surface area contributed by atoms with Crippen molar-refractivity contribution in [2.75, 3.05) is 31.7 Å². The van der Waals surface area contributed by atoms with Gasteiger partial charge in [-0.05, 0) is 42.0 Å². The van der Waals surface area contributed by atoms with Crippen LogP contribution in [0.15, 0.2) is 48.5 Å². The number of rotatable bonds is 5. The molecular formula is C21H21N3O4. The zero-order valence-electron chi connectivity index (χ0n) is 15.5. The molecule has 3 amide bonds. The number of carbonyl (C=O) groups is 2. The number of hydrogen-bond donors (Lipinski definition) is 2. The number of carbonyl (C=O) groups excluding carboxylic acids is 2. The van der Waals surface area contributed by atoms with E-state index in [1.54, 1.807) is 12.0 Å². The van der Waals surface area contributed by atoms with Crippen molar-refractivity contribution >= 4 is 17.8 Å². The first kappa shape index (κ1) is 19.1. The van der Waals surface area contributed by atoms with Gasteiger partial charge in [0.2, 0.25) is 0 Å². The number of urea groups is 1. The molecule has 1 heterocycles. The second-order valence-corrected chi connectivity index (χ2v) is 6.00. The minimum atomic E-state index is -0.330. The molecule has 0 saturated carbocycles. The maximum Gasteiger partial charge on any atom is 0.414 e. The van der Waals surface area contributed by atoms with Crippen molar-refractivity contribution in [1.82, 2.24) is 10.6 Å². The Hall–Kier alpha value is -3.66. The summed E-state index contributed by atoms with van der Waals surface area (Å²) in [4.78, 5) is 24.9. The van der Waals surface area contributed by atoms with Gasteiger partial charge in [-0.3, -0.25) is 4.90 Å². The van der Waals surface area contributed by atoms with Gasteiger partial charge in [0, 0.05) is 17.8 Å². The van der Waals surface area contributed by atoms with Crippen molar-refractivity contribution in [2.24, 2.45) is 0 Å². The number of nitrogens with zero attached hydrogens (tertiary/aromatic N) is 1. The molecule has 7 heteroatoms. The number of benzene rings is 2. The molecule has 1 fully saturated rings. The van der Waals surface area contributed by atoms with Crippen LogP contribution in [-0.2, 0) is 11.3 Å². The van der Waals surface area contributed by atoms with Gasteiger partial charge < -0.3 is 20.1 Å². The van der Waals surface area contributed by atoms with E-state index in [1.807, 2.05) is 48.5 Å².